The summed E-state index contributed by atoms with van der Waals surface area (Å²) in [7, 11) is 0. The molecule has 15 heavy (non-hydrogen) atoms. The van der Waals surface area contributed by atoms with Gasteiger partial charge in [-0.3, -0.25) is 15.1 Å². The lowest BCUT2D eigenvalue weighted by molar-refractivity contribution is -0.121. The Morgan fingerprint density at radius 3 is 3.00 bits per heavy atom. The SMILES string of the molecule is O=C1CCN(Cc2cccnc2)C(=O)N1. The number of nitrogens with one attached hydrogen (secondary N) is 1. The fourth-order valence-corrected chi connectivity index (χ4v) is 1.46. The Balaban J connectivity index is 2.01. The average molecular weight is 205 g/mol. The molecular weight excluding hydrogens is 194 g/mol. The highest BCUT2D eigenvalue weighted by Crippen LogP contribution is 2.06. The van der Waals surface area contributed by atoms with Gasteiger partial charge in [0.15, 0.2) is 0 Å². The molecule has 1 aromatic rings. The van der Waals surface area contributed by atoms with Crippen molar-refractivity contribution < 1.29 is 9.59 Å². The number of urea groups is 1. The van der Waals surface area contributed by atoms with Crippen LogP contribution < -0.4 is 5.32 Å². The monoisotopic (exact) mass is 205 g/mol. The van der Waals surface area contributed by atoms with Gasteiger partial charge >= 0.3 is 6.03 Å². The van der Waals surface area contributed by atoms with Crippen molar-refractivity contribution in [2.75, 3.05) is 6.54 Å². The lowest BCUT2D eigenvalue weighted by Crippen LogP contribution is -2.48. The zero-order chi connectivity index (χ0) is 10.7. The van der Waals surface area contributed by atoms with Gasteiger partial charge in [-0.1, -0.05) is 6.07 Å². The van der Waals surface area contributed by atoms with E-state index in [0.717, 1.165) is 5.56 Å². The molecule has 1 N–H and O–H groups in total. The lowest BCUT2D eigenvalue weighted by Gasteiger charge is -2.26. The smallest absolute Gasteiger partial charge is 0.320 e. The van der Waals surface area contributed by atoms with E-state index in [9.17, 15) is 9.59 Å². The summed E-state index contributed by atoms with van der Waals surface area (Å²) in [6, 6.07) is 3.40. The van der Waals surface area contributed by atoms with E-state index < -0.39 is 0 Å². The Kier molecular flexibility index (Phi) is 2.62. The third-order valence-corrected chi connectivity index (χ3v) is 2.24. The van der Waals surface area contributed by atoms with Crippen molar-refractivity contribution in [3.63, 3.8) is 0 Å². The van der Waals surface area contributed by atoms with Gasteiger partial charge < -0.3 is 4.90 Å². The van der Waals surface area contributed by atoms with E-state index in [2.05, 4.69) is 10.3 Å². The van der Waals surface area contributed by atoms with E-state index in [4.69, 9.17) is 0 Å². The minimum Gasteiger partial charge on any atom is -0.320 e. The van der Waals surface area contributed by atoms with Crippen LogP contribution in [0.4, 0.5) is 4.79 Å². The Hall–Kier alpha value is -1.91. The first-order valence-corrected chi connectivity index (χ1v) is 4.73. The Morgan fingerprint density at radius 2 is 2.33 bits per heavy atom. The number of carbonyl (C=O) groups excluding carboxylic acids is 2. The first-order valence-electron chi connectivity index (χ1n) is 4.73. The molecule has 0 aromatic carbocycles. The number of pyridine rings is 1. The van der Waals surface area contributed by atoms with Crippen molar-refractivity contribution in [2.24, 2.45) is 0 Å². The van der Waals surface area contributed by atoms with Crippen molar-refractivity contribution in [1.29, 1.82) is 0 Å². The summed E-state index contributed by atoms with van der Waals surface area (Å²) in [4.78, 5) is 27.8. The molecule has 78 valence electrons. The number of rotatable bonds is 2. The molecule has 1 aliphatic rings. The van der Waals surface area contributed by atoms with Crippen LogP contribution in [0.5, 0.6) is 0 Å². The molecule has 0 unspecified atom stereocenters. The molecule has 1 fully saturated rings. The molecule has 1 aliphatic heterocycles. The van der Waals surface area contributed by atoms with Crippen molar-refractivity contribution in [3.05, 3.63) is 30.1 Å². The van der Waals surface area contributed by atoms with Gasteiger partial charge in [0.1, 0.15) is 0 Å². The molecule has 0 bridgehead atoms. The highest BCUT2D eigenvalue weighted by Gasteiger charge is 2.22. The maximum absolute atomic E-state index is 11.4. The van der Waals surface area contributed by atoms with E-state index in [0.29, 0.717) is 19.5 Å². The molecule has 3 amide bonds. The van der Waals surface area contributed by atoms with Gasteiger partial charge in [-0.05, 0) is 11.6 Å². The molecule has 0 spiro atoms. The van der Waals surface area contributed by atoms with Crippen molar-refractivity contribution in [2.45, 2.75) is 13.0 Å². The zero-order valence-corrected chi connectivity index (χ0v) is 8.14. The normalized spacial score (nSPS) is 16.4. The number of amides is 3. The van der Waals surface area contributed by atoms with Crippen LogP contribution in [0.3, 0.4) is 0 Å². The van der Waals surface area contributed by atoms with E-state index in [1.165, 1.54) is 0 Å². The van der Waals surface area contributed by atoms with Gasteiger partial charge in [0.2, 0.25) is 5.91 Å². The highest BCUT2D eigenvalue weighted by atomic mass is 16.2. The summed E-state index contributed by atoms with van der Waals surface area (Å²) < 4.78 is 0. The molecule has 0 radical (unpaired) electrons. The number of aromatic nitrogens is 1. The summed E-state index contributed by atoms with van der Waals surface area (Å²) in [6.07, 6.45) is 3.76. The summed E-state index contributed by atoms with van der Waals surface area (Å²) in [5, 5.41) is 2.28. The average Bonchev–Trinajstić information content (AvgIpc) is 2.24. The van der Waals surface area contributed by atoms with Gasteiger partial charge in [0.05, 0.1) is 0 Å². The summed E-state index contributed by atoms with van der Waals surface area (Å²) in [6.45, 7) is 0.965. The first kappa shape index (κ1) is 9.64. The minimum absolute atomic E-state index is 0.206. The van der Waals surface area contributed by atoms with Crippen molar-refractivity contribution >= 4 is 11.9 Å². The topological polar surface area (TPSA) is 62.3 Å². The molecule has 0 saturated carbocycles. The van der Waals surface area contributed by atoms with Crippen LogP contribution in [0.1, 0.15) is 12.0 Å². The van der Waals surface area contributed by atoms with Crippen molar-refractivity contribution in [1.82, 2.24) is 15.2 Å². The second kappa shape index (κ2) is 4.08. The second-order valence-electron chi connectivity index (χ2n) is 3.39. The fraction of sp³-hybridized carbons (Fsp3) is 0.300. The predicted octanol–water partition coefficient (Wildman–Crippen LogP) is 0.524. The maximum Gasteiger partial charge on any atom is 0.324 e. The fourth-order valence-electron chi connectivity index (χ4n) is 1.46. The van der Waals surface area contributed by atoms with E-state index in [1.807, 2.05) is 12.1 Å². The van der Waals surface area contributed by atoms with Crippen LogP contribution in [0, 0.1) is 0 Å². The Bertz CT molecular complexity index is 378. The predicted molar refractivity (Wildman–Crippen MR) is 52.8 cm³/mol. The molecule has 1 aromatic heterocycles. The first-order chi connectivity index (χ1) is 7.25. The zero-order valence-electron chi connectivity index (χ0n) is 8.14. The number of nitrogens with zero attached hydrogens (tertiary/aromatic N) is 2. The van der Waals surface area contributed by atoms with E-state index in [1.54, 1.807) is 17.3 Å². The molecule has 0 atom stereocenters. The summed E-state index contributed by atoms with van der Waals surface area (Å²) in [5.41, 5.74) is 0.960. The van der Waals surface area contributed by atoms with Crippen molar-refractivity contribution in [3.8, 4) is 0 Å². The van der Waals surface area contributed by atoms with Crippen LogP contribution in [0.15, 0.2) is 24.5 Å². The van der Waals surface area contributed by atoms with Crippen LogP contribution >= 0.6 is 0 Å². The van der Waals surface area contributed by atoms with Crippen LogP contribution in [0.2, 0.25) is 0 Å². The van der Waals surface area contributed by atoms with Crippen LogP contribution in [0.25, 0.3) is 0 Å². The lowest BCUT2D eigenvalue weighted by atomic mass is 10.2. The molecule has 2 rings (SSSR count). The molecular formula is C10H11N3O2. The number of imide groups is 1. The summed E-state index contributed by atoms with van der Waals surface area (Å²) >= 11 is 0. The van der Waals surface area contributed by atoms with E-state index in [-0.39, 0.29) is 11.9 Å². The number of hydrogen-bond acceptors (Lipinski definition) is 3. The van der Waals surface area contributed by atoms with Gasteiger partial charge in [-0.25, -0.2) is 4.79 Å². The summed E-state index contributed by atoms with van der Waals surface area (Å²) in [5.74, 6) is -0.206. The van der Waals surface area contributed by atoms with Crippen LogP contribution in [-0.4, -0.2) is 28.4 Å². The largest absolute Gasteiger partial charge is 0.324 e. The molecule has 1 saturated heterocycles. The highest BCUT2D eigenvalue weighted by molar-refractivity contribution is 5.96. The standard InChI is InChI=1S/C10H11N3O2/c14-9-3-5-13(10(15)12-9)7-8-2-1-4-11-6-8/h1-2,4,6H,3,5,7H2,(H,12,14,15). The number of hydrogen-bond donors (Lipinski definition) is 1. The molecule has 0 aliphatic carbocycles. The third-order valence-electron chi connectivity index (χ3n) is 2.24. The van der Waals surface area contributed by atoms with Crippen LogP contribution in [-0.2, 0) is 11.3 Å². The van der Waals surface area contributed by atoms with Gasteiger partial charge in [0, 0.05) is 31.9 Å². The Labute approximate surface area is 87.1 Å². The molecule has 5 heteroatoms. The minimum atomic E-state index is -0.324. The van der Waals surface area contributed by atoms with E-state index >= 15 is 0 Å². The van der Waals surface area contributed by atoms with Gasteiger partial charge in [-0.2, -0.15) is 0 Å². The maximum atomic E-state index is 11.4. The third kappa shape index (κ3) is 2.31. The molecule has 2 heterocycles. The Morgan fingerprint density at radius 1 is 1.47 bits per heavy atom. The van der Waals surface area contributed by atoms with Gasteiger partial charge in [-0.15, -0.1) is 0 Å². The number of carbonyl (C=O) groups is 2. The van der Waals surface area contributed by atoms with Gasteiger partial charge in [0.25, 0.3) is 0 Å². The quantitative estimate of drug-likeness (QED) is 0.765. The second-order valence-corrected chi connectivity index (χ2v) is 3.39. The molecule has 5 nitrogen and oxygen atoms in total.